The van der Waals surface area contributed by atoms with Gasteiger partial charge in [-0.15, -0.1) is 0 Å². The Balaban J connectivity index is 1.35. The summed E-state index contributed by atoms with van der Waals surface area (Å²) in [4.78, 5) is 4.86. The molecule has 0 saturated carbocycles. The van der Waals surface area contributed by atoms with Gasteiger partial charge in [0.25, 0.3) is 0 Å². The third-order valence-corrected chi connectivity index (χ3v) is 5.49. The van der Waals surface area contributed by atoms with E-state index < -0.39 is 0 Å². The molecule has 0 amide bonds. The smallest absolute Gasteiger partial charge is 0.141 e. The maximum Gasteiger partial charge on any atom is 0.141 e. The van der Waals surface area contributed by atoms with Crippen molar-refractivity contribution < 1.29 is 4.74 Å². The lowest BCUT2D eigenvalue weighted by molar-refractivity contribution is 0.303. The molecule has 0 saturated heterocycles. The van der Waals surface area contributed by atoms with Crippen molar-refractivity contribution in [2.75, 3.05) is 6.61 Å². The van der Waals surface area contributed by atoms with E-state index in [0.717, 1.165) is 41.1 Å². The molecular formula is C26H21ClN2O. The molecule has 0 unspecified atom stereocenters. The molecule has 0 N–H and O–H groups in total. The number of nitrogens with zero attached hydrogens (tertiary/aromatic N) is 2. The van der Waals surface area contributed by atoms with Gasteiger partial charge in [-0.1, -0.05) is 66.2 Å². The van der Waals surface area contributed by atoms with E-state index in [4.69, 9.17) is 21.3 Å². The number of ether oxygens (including phenoxy) is 1. The summed E-state index contributed by atoms with van der Waals surface area (Å²) >= 11 is 6.22. The van der Waals surface area contributed by atoms with Crippen molar-refractivity contribution in [2.24, 2.45) is 0 Å². The monoisotopic (exact) mass is 412 g/mol. The van der Waals surface area contributed by atoms with Gasteiger partial charge >= 0.3 is 0 Å². The molecule has 5 rings (SSSR count). The maximum absolute atomic E-state index is 6.22. The Bertz CT molecular complexity index is 1330. The number of imidazole rings is 1. The second-order valence-corrected chi connectivity index (χ2v) is 7.73. The molecule has 1 aromatic heterocycles. The first-order valence-corrected chi connectivity index (χ1v) is 10.5. The first kappa shape index (κ1) is 18.7. The van der Waals surface area contributed by atoms with E-state index in [1.165, 1.54) is 10.8 Å². The topological polar surface area (TPSA) is 27.1 Å². The van der Waals surface area contributed by atoms with Gasteiger partial charge in [0.2, 0.25) is 0 Å². The Morgan fingerprint density at radius 2 is 1.63 bits per heavy atom. The molecule has 0 spiro atoms. The van der Waals surface area contributed by atoms with Gasteiger partial charge in [0.05, 0.1) is 17.6 Å². The molecule has 3 nitrogen and oxygen atoms in total. The van der Waals surface area contributed by atoms with Crippen LogP contribution in [0, 0.1) is 0 Å². The van der Waals surface area contributed by atoms with Gasteiger partial charge in [0.1, 0.15) is 11.6 Å². The van der Waals surface area contributed by atoms with E-state index in [-0.39, 0.29) is 0 Å². The normalized spacial score (nSPS) is 11.2. The first-order chi connectivity index (χ1) is 14.8. The van der Waals surface area contributed by atoms with Crippen LogP contribution >= 0.6 is 11.6 Å². The van der Waals surface area contributed by atoms with E-state index in [1.54, 1.807) is 0 Å². The van der Waals surface area contributed by atoms with Gasteiger partial charge in [-0.05, 0) is 53.6 Å². The molecule has 0 bridgehead atoms. The maximum atomic E-state index is 6.22. The van der Waals surface area contributed by atoms with Crippen LogP contribution in [-0.2, 0) is 6.54 Å². The summed E-state index contributed by atoms with van der Waals surface area (Å²) in [5.41, 5.74) is 3.13. The number of aryl methyl sites for hydroxylation is 1. The Morgan fingerprint density at radius 3 is 2.53 bits per heavy atom. The number of para-hydroxylation sites is 2. The van der Waals surface area contributed by atoms with Gasteiger partial charge in [0, 0.05) is 17.1 Å². The van der Waals surface area contributed by atoms with Crippen molar-refractivity contribution in [3.05, 3.63) is 96.0 Å². The molecule has 0 fully saturated rings. The van der Waals surface area contributed by atoms with Crippen LogP contribution in [-0.4, -0.2) is 16.2 Å². The lowest BCUT2D eigenvalue weighted by Crippen LogP contribution is -2.06. The van der Waals surface area contributed by atoms with Crippen molar-refractivity contribution in [3.8, 4) is 17.1 Å². The zero-order chi connectivity index (χ0) is 20.3. The van der Waals surface area contributed by atoms with Crippen molar-refractivity contribution in [3.63, 3.8) is 0 Å². The minimum atomic E-state index is 0.639. The number of benzene rings is 4. The van der Waals surface area contributed by atoms with E-state index in [2.05, 4.69) is 47.0 Å². The third-order valence-electron chi connectivity index (χ3n) is 5.25. The number of hydrogen-bond donors (Lipinski definition) is 0. The highest BCUT2D eigenvalue weighted by atomic mass is 35.5. The van der Waals surface area contributed by atoms with E-state index >= 15 is 0 Å². The average Bonchev–Trinajstić information content (AvgIpc) is 3.15. The number of halogens is 1. The summed E-state index contributed by atoms with van der Waals surface area (Å²) in [6.45, 7) is 1.45. The Hall–Kier alpha value is -3.30. The van der Waals surface area contributed by atoms with Crippen molar-refractivity contribution in [1.29, 1.82) is 0 Å². The molecule has 4 aromatic carbocycles. The second-order valence-electron chi connectivity index (χ2n) is 7.30. The van der Waals surface area contributed by atoms with Crippen LogP contribution in [0.25, 0.3) is 33.2 Å². The highest BCUT2D eigenvalue weighted by Gasteiger charge is 2.12. The molecule has 0 aliphatic heterocycles. The van der Waals surface area contributed by atoms with Gasteiger partial charge in [-0.3, -0.25) is 0 Å². The average molecular weight is 413 g/mol. The lowest BCUT2D eigenvalue weighted by Gasteiger charge is -2.11. The van der Waals surface area contributed by atoms with E-state index in [9.17, 15) is 0 Å². The van der Waals surface area contributed by atoms with Crippen LogP contribution in [0.4, 0.5) is 0 Å². The van der Waals surface area contributed by atoms with E-state index in [0.29, 0.717) is 11.6 Å². The molecular weight excluding hydrogens is 392 g/mol. The van der Waals surface area contributed by atoms with Gasteiger partial charge < -0.3 is 9.30 Å². The third kappa shape index (κ3) is 3.77. The van der Waals surface area contributed by atoms with Crippen LogP contribution in [0.15, 0.2) is 91.0 Å². The standard InChI is InChI=1S/C26H21ClN2O/c27-22-10-5-9-21(17-22)26-28-24-11-3-4-12-25(24)29(26)15-6-16-30-23-14-13-19-7-1-2-8-20(19)18-23/h1-5,7-14,17-18H,6,15-16H2. The summed E-state index contributed by atoms with van der Waals surface area (Å²) < 4.78 is 8.29. The van der Waals surface area contributed by atoms with Gasteiger partial charge in [0.15, 0.2) is 0 Å². The Morgan fingerprint density at radius 1 is 0.800 bits per heavy atom. The van der Waals surface area contributed by atoms with Crippen LogP contribution in [0.5, 0.6) is 5.75 Å². The second kappa shape index (κ2) is 8.21. The number of fused-ring (bicyclic) bond motifs is 2. The fraction of sp³-hybridized carbons (Fsp3) is 0.115. The lowest BCUT2D eigenvalue weighted by atomic mass is 10.1. The predicted octanol–water partition coefficient (Wildman–Crippen LogP) is 6.98. The molecule has 4 heteroatoms. The van der Waals surface area contributed by atoms with Crippen LogP contribution in [0.2, 0.25) is 5.02 Å². The van der Waals surface area contributed by atoms with Crippen molar-refractivity contribution in [2.45, 2.75) is 13.0 Å². The fourth-order valence-electron chi connectivity index (χ4n) is 3.82. The fourth-order valence-corrected chi connectivity index (χ4v) is 4.01. The summed E-state index contributed by atoms with van der Waals surface area (Å²) in [5.74, 6) is 1.84. The van der Waals surface area contributed by atoms with Crippen molar-refractivity contribution >= 4 is 33.4 Å². The molecule has 0 atom stereocenters. The van der Waals surface area contributed by atoms with Crippen molar-refractivity contribution in [1.82, 2.24) is 9.55 Å². The summed E-state index contributed by atoms with van der Waals surface area (Å²) in [7, 11) is 0. The Kier molecular flexibility index (Phi) is 5.12. The van der Waals surface area contributed by atoms with Crippen LogP contribution < -0.4 is 4.74 Å². The quantitative estimate of drug-likeness (QED) is 0.281. The summed E-state index contributed by atoms with van der Waals surface area (Å²) in [6, 6.07) is 30.6. The van der Waals surface area contributed by atoms with Crippen LogP contribution in [0.3, 0.4) is 0 Å². The zero-order valence-electron chi connectivity index (χ0n) is 16.5. The van der Waals surface area contributed by atoms with Gasteiger partial charge in [-0.25, -0.2) is 4.98 Å². The van der Waals surface area contributed by atoms with Gasteiger partial charge in [-0.2, -0.15) is 0 Å². The largest absolute Gasteiger partial charge is 0.494 e. The molecule has 0 radical (unpaired) electrons. The number of aromatic nitrogens is 2. The molecule has 1 heterocycles. The summed E-state index contributed by atoms with van der Waals surface area (Å²) in [6.07, 6.45) is 0.876. The molecule has 0 aliphatic rings. The molecule has 0 aliphatic carbocycles. The Labute approximate surface area is 180 Å². The predicted molar refractivity (Wildman–Crippen MR) is 124 cm³/mol. The highest BCUT2D eigenvalue weighted by molar-refractivity contribution is 6.30. The van der Waals surface area contributed by atoms with Crippen LogP contribution in [0.1, 0.15) is 6.42 Å². The number of rotatable bonds is 6. The highest BCUT2D eigenvalue weighted by Crippen LogP contribution is 2.27. The molecule has 148 valence electrons. The van der Waals surface area contributed by atoms with E-state index in [1.807, 2.05) is 48.5 Å². The minimum Gasteiger partial charge on any atom is -0.494 e. The zero-order valence-corrected chi connectivity index (χ0v) is 17.2. The minimum absolute atomic E-state index is 0.639. The number of hydrogen-bond acceptors (Lipinski definition) is 2. The summed E-state index contributed by atoms with van der Waals surface area (Å²) in [5, 5.41) is 3.13. The molecule has 5 aromatic rings. The SMILES string of the molecule is Clc1cccc(-c2nc3ccccc3n2CCCOc2ccc3ccccc3c2)c1. The first-order valence-electron chi connectivity index (χ1n) is 10.1. The molecule has 30 heavy (non-hydrogen) atoms.